The Kier molecular flexibility index (Phi) is 5.27. The first-order chi connectivity index (χ1) is 7.76. The van der Waals surface area contributed by atoms with Gasteiger partial charge in [0.05, 0.1) is 13.2 Å². The Morgan fingerprint density at radius 2 is 2.00 bits per heavy atom. The van der Waals surface area contributed by atoms with Crippen LogP contribution in [0.25, 0.3) is 0 Å². The second kappa shape index (κ2) is 6.78. The number of nitrogens with one attached hydrogen (secondary N) is 1. The maximum absolute atomic E-state index is 5.51. The van der Waals surface area contributed by atoms with Gasteiger partial charge in [-0.1, -0.05) is 0 Å². The number of aromatic nitrogens is 3. The van der Waals surface area contributed by atoms with E-state index in [0.29, 0.717) is 32.3 Å². The van der Waals surface area contributed by atoms with Gasteiger partial charge in [0.25, 0.3) is 0 Å². The normalized spacial score (nSPS) is 10.1. The van der Waals surface area contributed by atoms with Crippen LogP contribution in [0.2, 0.25) is 0 Å². The molecule has 0 spiro atoms. The second-order valence-corrected chi connectivity index (χ2v) is 2.86. The maximum Gasteiger partial charge on any atom is 0.323 e. The summed E-state index contributed by atoms with van der Waals surface area (Å²) in [5, 5.41) is 2.97. The van der Waals surface area contributed by atoms with Crippen molar-refractivity contribution in [3.63, 3.8) is 0 Å². The molecule has 0 fully saturated rings. The van der Waals surface area contributed by atoms with Crippen molar-refractivity contribution in [3.05, 3.63) is 0 Å². The van der Waals surface area contributed by atoms with E-state index < -0.39 is 0 Å². The van der Waals surface area contributed by atoms with E-state index in [9.17, 15) is 0 Å². The Morgan fingerprint density at radius 1 is 1.19 bits per heavy atom. The van der Waals surface area contributed by atoms with E-state index in [0.717, 1.165) is 0 Å². The van der Waals surface area contributed by atoms with E-state index in [1.165, 1.54) is 0 Å². The van der Waals surface area contributed by atoms with Gasteiger partial charge in [-0.2, -0.15) is 15.0 Å². The molecule has 0 aliphatic carbocycles. The van der Waals surface area contributed by atoms with Crippen LogP contribution in [-0.2, 0) is 4.74 Å². The van der Waals surface area contributed by atoms with Gasteiger partial charge >= 0.3 is 6.01 Å². The molecular formula is C9H17N5O2. The minimum absolute atomic E-state index is 0.136. The number of hydrogen-bond donors (Lipinski definition) is 2. The van der Waals surface area contributed by atoms with Gasteiger partial charge in [0.1, 0.15) is 0 Å². The summed E-state index contributed by atoms with van der Waals surface area (Å²) in [6.45, 7) is 6.16. The lowest BCUT2D eigenvalue weighted by Gasteiger charge is -2.07. The van der Waals surface area contributed by atoms with Crippen LogP contribution >= 0.6 is 0 Å². The number of anilines is 2. The highest BCUT2D eigenvalue weighted by Gasteiger charge is 2.03. The van der Waals surface area contributed by atoms with Crippen LogP contribution in [0.1, 0.15) is 13.8 Å². The van der Waals surface area contributed by atoms with E-state index in [1.54, 1.807) is 0 Å². The molecule has 0 saturated heterocycles. The Hall–Kier alpha value is -1.63. The fourth-order valence-electron chi connectivity index (χ4n) is 1.02. The highest BCUT2D eigenvalue weighted by atomic mass is 16.5. The third-order valence-corrected chi connectivity index (χ3v) is 1.64. The maximum atomic E-state index is 5.51. The summed E-state index contributed by atoms with van der Waals surface area (Å²) in [5.41, 5.74) is 5.51. The van der Waals surface area contributed by atoms with Crippen LogP contribution in [0.3, 0.4) is 0 Å². The molecular weight excluding hydrogens is 210 g/mol. The molecule has 0 saturated carbocycles. The molecule has 0 aliphatic rings. The molecule has 7 nitrogen and oxygen atoms in total. The van der Waals surface area contributed by atoms with Crippen molar-refractivity contribution in [3.8, 4) is 6.01 Å². The highest BCUT2D eigenvalue weighted by Crippen LogP contribution is 2.08. The molecule has 0 bridgehead atoms. The first-order valence-corrected chi connectivity index (χ1v) is 5.22. The predicted molar refractivity (Wildman–Crippen MR) is 60.4 cm³/mol. The Morgan fingerprint density at radius 3 is 2.69 bits per heavy atom. The third kappa shape index (κ3) is 4.26. The Labute approximate surface area is 94.4 Å². The molecule has 1 rings (SSSR count). The van der Waals surface area contributed by atoms with Gasteiger partial charge in [-0.25, -0.2) is 0 Å². The lowest BCUT2D eigenvalue weighted by molar-refractivity contribution is 0.158. The van der Waals surface area contributed by atoms with E-state index in [-0.39, 0.29) is 12.0 Å². The molecule has 16 heavy (non-hydrogen) atoms. The molecule has 3 N–H and O–H groups in total. The number of nitrogen functional groups attached to an aromatic ring is 1. The molecule has 0 amide bonds. The van der Waals surface area contributed by atoms with Crippen LogP contribution in [0, 0.1) is 0 Å². The van der Waals surface area contributed by atoms with Crippen molar-refractivity contribution in [2.45, 2.75) is 13.8 Å². The summed E-state index contributed by atoms with van der Waals surface area (Å²) in [7, 11) is 0. The lowest BCUT2D eigenvalue weighted by atomic mass is 10.6. The molecule has 1 heterocycles. The van der Waals surface area contributed by atoms with Crippen molar-refractivity contribution in [1.82, 2.24) is 15.0 Å². The molecule has 0 atom stereocenters. The minimum Gasteiger partial charge on any atom is -0.464 e. The SMILES string of the molecule is CCOCCNc1nc(N)nc(OCC)n1. The van der Waals surface area contributed by atoms with E-state index in [4.69, 9.17) is 15.2 Å². The van der Waals surface area contributed by atoms with Crippen molar-refractivity contribution < 1.29 is 9.47 Å². The molecule has 0 radical (unpaired) electrons. The van der Waals surface area contributed by atoms with E-state index in [1.807, 2.05) is 13.8 Å². The van der Waals surface area contributed by atoms with Crippen molar-refractivity contribution >= 4 is 11.9 Å². The van der Waals surface area contributed by atoms with Crippen LogP contribution in [0.15, 0.2) is 0 Å². The quantitative estimate of drug-likeness (QED) is 0.647. The first-order valence-electron chi connectivity index (χ1n) is 5.22. The lowest BCUT2D eigenvalue weighted by Crippen LogP contribution is -2.13. The van der Waals surface area contributed by atoms with Gasteiger partial charge in [0.2, 0.25) is 11.9 Å². The average Bonchev–Trinajstić information content (AvgIpc) is 2.24. The smallest absolute Gasteiger partial charge is 0.323 e. The molecule has 7 heteroatoms. The number of hydrogen-bond acceptors (Lipinski definition) is 7. The monoisotopic (exact) mass is 227 g/mol. The summed E-state index contributed by atoms with van der Waals surface area (Å²) >= 11 is 0. The zero-order chi connectivity index (χ0) is 11.8. The highest BCUT2D eigenvalue weighted by molar-refractivity contribution is 5.32. The van der Waals surface area contributed by atoms with Gasteiger partial charge < -0.3 is 20.5 Å². The Balaban J connectivity index is 2.51. The first kappa shape index (κ1) is 12.4. The zero-order valence-corrected chi connectivity index (χ0v) is 9.56. The van der Waals surface area contributed by atoms with Crippen molar-refractivity contribution in [2.75, 3.05) is 37.4 Å². The summed E-state index contributed by atoms with van der Waals surface area (Å²) < 4.78 is 10.3. The van der Waals surface area contributed by atoms with Crippen LogP contribution in [0.4, 0.5) is 11.9 Å². The van der Waals surface area contributed by atoms with Gasteiger partial charge in [-0.05, 0) is 13.8 Å². The second-order valence-electron chi connectivity index (χ2n) is 2.86. The number of rotatable bonds is 7. The van der Waals surface area contributed by atoms with Gasteiger partial charge in [0.15, 0.2) is 0 Å². The molecule has 0 aliphatic heterocycles. The number of nitrogens with two attached hydrogens (primary N) is 1. The van der Waals surface area contributed by atoms with Crippen LogP contribution in [0.5, 0.6) is 6.01 Å². The minimum atomic E-state index is 0.136. The molecule has 1 aromatic rings. The van der Waals surface area contributed by atoms with Gasteiger partial charge in [0, 0.05) is 13.2 Å². The topological polar surface area (TPSA) is 95.2 Å². The number of nitrogens with zero attached hydrogens (tertiary/aromatic N) is 3. The average molecular weight is 227 g/mol. The fraction of sp³-hybridized carbons (Fsp3) is 0.667. The predicted octanol–water partition coefficient (Wildman–Crippen LogP) is 0.301. The third-order valence-electron chi connectivity index (χ3n) is 1.64. The summed E-state index contributed by atoms with van der Waals surface area (Å²) in [6, 6.07) is 0.230. The van der Waals surface area contributed by atoms with Crippen LogP contribution in [-0.4, -0.2) is 41.3 Å². The zero-order valence-electron chi connectivity index (χ0n) is 9.56. The largest absolute Gasteiger partial charge is 0.464 e. The van der Waals surface area contributed by atoms with E-state index in [2.05, 4.69) is 20.3 Å². The summed E-state index contributed by atoms with van der Waals surface area (Å²) in [4.78, 5) is 11.8. The summed E-state index contributed by atoms with van der Waals surface area (Å²) in [5.74, 6) is 0.535. The molecule has 0 aromatic carbocycles. The van der Waals surface area contributed by atoms with Crippen LogP contribution < -0.4 is 15.8 Å². The standard InChI is InChI=1S/C9H17N5O2/c1-3-15-6-5-11-8-12-7(10)13-9(14-8)16-4-2/h3-6H2,1-2H3,(H3,10,11,12,13,14). The summed E-state index contributed by atoms with van der Waals surface area (Å²) in [6.07, 6.45) is 0. The number of ether oxygens (including phenoxy) is 2. The van der Waals surface area contributed by atoms with Crippen molar-refractivity contribution in [2.24, 2.45) is 0 Å². The van der Waals surface area contributed by atoms with Gasteiger partial charge in [-0.15, -0.1) is 0 Å². The molecule has 90 valence electrons. The van der Waals surface area contributed by atoms with Crippen molar-refractivity contribution in [1.29, 1.82) is 0 Å². The molecule has 0 unspecified atom stereocenters. The van der Waals surface area contributed by atoms with Gasteiger partial charge in [-0.3, -0.25) is 0 Å². The van der Waals surface area contributed by atoms with E-state index >= 15 is 0 Å². The Bertz CT molecular complexity index is 321. The molecule has 1 aromatic heterocycles. The fourth-order valence-corrected chi connectivity index (χ4v) is 1.02.